The highest BCUT2D eigenvalue weighted by molar-refractivity contribution is 8.05. The number of thioether (sulfide) groups is 1. The molecular weight excluding hydrogens is 1750 g/mol. The van der Waals surface area contributed by atoms with Crippen LogP contribution in [0.3, 0.4) is 0 Å². The average molecular weight is 1910 g/mol. The predicted octanol–water partition coefficient (Wildman–Crippen LogP) is 33.1. The maximum Gasteiger partial charge on any atom is 0.148 e. The SMILES string of the molecule is C1=CN(C2CCCCC2)C1.C1=CN(c2ccccc2)C1.CC1=C(C)C(c2ccccc2C)O1.CC1=C(C)N([Si](C)(C)C)C1C.CC1=C(Cc2ccccc2)C(C)S1.CC1=C([Si](C)(C)C)C(C)P1c1ccccc1.CC1=C(c2ccccc2)C(C)N1C(C)(C)C.CC1C=C(Cl)N1C.CP1C([Si](C)(C)C)=CC1[Si](C)(C)C.c1ccc(C2=C(c3ccccc3)P(c3ccccc3)C2)cc1. The van der Waals surface area contributed by atoms with Gasteiger partial charge in [0.2, 0.25) is 0 Å². The first-order valence-electron chi connectivity index (χ1n) is 48.4. The van der Waals surface area contributed by atoms with Crippen molar-refractivity contribution in [3.05, 3.63) is 366 Å². The van der Waals surface area contributed by atoms with E-state index in [9.17, 15) is 0 Å². The Balaban J connectivity index is 0.000000153. The summed E-state index contributed by atoms with van der Waals surface area (Å²) < 4.78 is 8.21. The third-order valence-corrected chi connectivity index (χ3v) is 51.5. The van der Waals surface area contributed by atoms with Gasteiger partial charge in [-0.2, -0.15) is 0 Å². The summed E-state index contributed by atoms with van der Waals surface area (Å²) in [5.74, 6) is 1.08. The van der Waals surface area contributed by atoms with Crippen LogP contribution in [0.15, 0.2) is 333 Å². The molecule has 1 fully saturated rings. The van der Waals surface area contributed by atoms with Crippen molar-refractivity contribution in [3.63, 3.8) is 0 Å². The number of anilines is 1. The Hall–Kier alpha value is -7.24. The van der Waals surface area contributed by atoms with Gasteiger partial charge in [-0.15, -0.1) is 11.8 Å². The van der Waals surface area contributed by atoms with Crippen molar-refractivity contribution in [2.24, 2.45) is 0 Å². The number of benzene rings is 8. The largest absolute Gasteiger partial charge is 0.486 e. The Kier molecular flexibility index (Phi) is 38.4. The van der Waals surface area contributed by atoms with Crippen molar-refractivity contribution in [1.82, 2.24) is 19.3 Å². The molecule has 10 unspecified atom stereocenters. The van der Waals surface area contributed by atoms with Crippen LogP contribution in [0.1, 0.15) is 175 Å². The molecule has 0 aromatic heterocycles. The number of likely N-dealkylation sites (N-methyl/N-ethyl adjacent to an activating group) is 1. The fourth-order valence-electron chi connectivity index (χ4n) is 19.8. The van der Waals surface area contributed by atoms with Crippen molar-refractivity contribution in [2.45, 2.75) is 280 Å². The minimum Gasteiger partial charge on any atom is -0.486 e. The van der Waals surface area contributed by atoms with E-state index in [0.29, 0.717) is 18.1 Å². The van der Waals surface area contributed by atoms with E-state index in [1.807, 2.05) is 52.9 Å². The topological polar surface area (TPSA) is 25.4 Å². The van der Waals surface area contributed by atoms with E-state index in [1.54, 1.807) is 27.1 Å². The van der Waals surface area contributed by atoms with Crippen LogP contribution < -0.4 is 15.5 Å². The quantitative estimate of drug-likeness (QED) is 0.0608. The van der Waals surface area contributed by atoms with Gasteiger partial charge in [0.1, 0.15) is 19.5 Å². The van der Waals surface area contributed by atoms with Gasteiger partial charge in [0.15, 0.2) is 0 Å². The summed E-state index contributed by atoms with van der Waals surface area (Å²) in [6, 6.07) is 86.6. The number of hydrogen-bond acceptors (Lipinski definition) is 7. The lowest BCUT2D eigenvalue weighted by atomic mass is 9.84. The average Bonchev–Trinajstić information content (AvgIpc) is 0.751. The Labute approximate surface area is 813 Å². The molecule has 0 radical (unpaired) electrons. The lowest BCUT2D eigenvalue weighted by Crippen LogP contribution is -2.56. The van der Waals surface area contributed by atoms with Crippen LogP contribution in [-0.4, -0.2) is 131 Å². The first-order chi connectivity index (χ1) is 61.9. The number of hydrogen-bond donors (Lipinski definition) is 0. The highest BCUT2D eigenvalue weighted by Crippen LogP contribution is 2.65. The molecule has 700 valence electrons. The van der Waals surface area contributed by atoms with Gasteiger partial charge in [-0.3, -0.25) is 0 Å². The maximum absolute atomic E-state index is 5.60. The molecule has 8 aromatic carbocycles. The zero-order valence-electron chi connectivity index (χ0n) is 85.7. The summed E-state index contributed by atoms with van der Waals surface area (Å²) >= 11 is 7.57. The summed E-state index contributed by atoms with van der Waals surface area (Å²) in [5.41, 5.74) is 21.0. The van der Waals surface area contributed by atoms with E-state index in [1.165, 1.54) is 122 Å². The van der Waals surface area contributed by atoms with Crippen LogP contribution in [-0.2, 0) is 11.2 Å². The second-order valence-electron chi connectivity index (χ2n) is 42.1. The van der Waals surface area contributed by atoms with Gasteiger partial charge in [-0.05, 0) is 264 Å². The van der Waals surface area contributed by atoms with Gasteiger partial charge in [0, 0.05) is 95.3 Å². The lowest BCUT2D eigenvalue weighted by molar-refractivity contribution is 0.0866. The molecule has 15 heteroatoms. The van der Waals surface area contributed by atoms with Gasteiger partial charge >= 0.3 is 0 Å². The molecule has 0 bridgehead atoms. The molecule has 1 aliphatic carbocycles. The van der Waals surface area contributed by atoms with Crippen LogP contribution in [0, 0.1) is 6.92 Å². The number of halogens is 1. The monoisotopic (exact) mass is 1910 g/mol. The molecule has 0 saturated heterocycles. The smallest absolute Gasteiger partial charge is 0.148 e. The lowest BCUT2D eigenvalue weighted by Gasteiger charge is -2.52. The Morgan fingerprint density at radius 2 is 1.02 bits per heavy atom. The zero-order chi connectivity index (χ0) is 95.6. The normalized spacial score (nSPS) is 22.6. The number of rotatable bonds is 14. The number of para-hydroxylation sites is 1. The number of nitrogens with zero attached hydrogens (tertiary/aromatic N) is 5. The molecule has 6 nitrogen and oxygen atoms in total. The third-order valence-electron chi connectivity index (χ3n) is 27.2. The van der Waals surface area contributed by atoms with Crippen molar-refractivity contribution in [2.75, 3.05) is 37.9 Å². The summed E-state index contributed by atoms with van der Waals surface area (Å²) in [4.78, 5) is 12.6. The molecule has 0 amide bonds. The fraction of sp³-hybridized carbons (Fsp3) is 0.414. The van der Waals surface area contributed by atoms with E-state index >= 15 is 0 Å². The second-order valence-corrected chi connectivity index (χ2v) is 72.3. The van der Waals surface area contributed by atoms with Crippen LogP contribution in [0.4, 0.5) is 5.69 Å². The van der Waals surface area contributed by atoms with E-state index in [0.717, 1.165) is 46.1 Å². The molecular formula is C116H161ClN5OP3SSi4. The van der Waals surface area contributed by atoms with Crippen molar-refractivity contribution in [3.8, 4) is 0 Å². The van der Waals surface area contributed by atoms with E-state index in [4.69, 9.17) is 16.3 Å². The van der Waals surface area contributed by atoms with E-state index in [-0.39, 0.29) is 35.4 Å². The molecule has 0 spiro atoms. The Morgan fingerprint density at radius 3 is 1.40 bits per heavy atom. The van der Waals surface area contributed by atoms with Gasteiger partial charge in [-0.1, -0.05) is 365 Å². The predicted molar refractivity (Wildman–Crippen MR) is 601 cm³/mol. The molecule has 19 rings (SSSR count). The highest BCUT2D eigenvalue weighted by Gasteiger charge is 2.45. The first kappa shape index (κ1) is 106. The van der Waals surface area contributed by atoms with Gasteiger partial charge < -0.3 is 28.9 Å². The first-order valence-corrected chi connectivity index (χ1v) is 68.5. The highest BCUT2D eigenvalue weighted by atomic mass is 35.5. The van der Waals surface area contributed by atoms with Crippen LogP contribution in [0.5, 0.6) is 0 Å². The molecule has 0 N–H and O–H groups in total. The van der Waals surface area contributed by atoms with Crippen molar-refractivity contribution >= 4 is 112 Å². The molecule has 10 aliphatic heterocycles. The standard InChI is InChI=1S/C21H17P.C15H21N.C14H21PSi.C12H14O.C12H14S.C10H23PSi2.C9H19NSi.C9H15N.C9H9N.C5H8ClN/c1-4-10-17(11-5-1)20-16-22(19-14-8-3-9-15-19)21(20)18-12-6-2-7-13-18;1-11-14(13-9-7-6-8-10-13)12(2)16(11)15(3,4)5;1-11-14(16(3,4)5)12(2)15(11)13-9-7-6-8-10-13;1-8-6-4-5-7-11(8)12-9(2)10(3)13-12;1-9-12(10(2)13-9)8-11-6-4-3-5-7-11;1-11-9(12(2,3)4)8-10(11)13(5,6)7;1-7-8(2)10(9(7)3)11(4,5)6;2*1-2-5-9(6-3-1)10-7-4-8-10;1-4-3-5(6)7(4)2/h1-15H,16H2;2*6-11H,1-5H3;4-7,12H,1-3H3;3-7,9H,8H2,1-2H3;8-9H,1-7H3;8H,1-6H3;4,7,9H,1-3,5-6,8H2;1-7H,8H2;3-4H,1-2H3. The number of allylic oxidation sites excluding steroid dienone is 8. The minimum atomic E-state index is -1.08. The minimum absolute atomic E-state index is 0.00457. The maximum atomic E-state index is 5.60. The third kappa shape index (κ3) is 27.8. The van der Waals surface area contributed by atoms with E-state index in [2.05, 4.69) is 470 Å². The molecule has 11 aliphatic rings. The summed E-state index contributed by atoms with van der Waals surface area (Å²) in [5, 5.41) is 10.8. The summed E-state index contributed by atoms with van der Waals surface area (Å²) in [7, 11) is -1.95. The Morgan fingerprint density at radius 1 is 0.527 bits per heavy atom. The number of ether oxygens (including phenoxy) is 1. The van der Waals surface area contributed by atoms with Crippen molar-refractivity contribution < 1.29 is 4.74 Å². The van der Waals surface area contributed by atoms with Gasteiger partial charge in [0.05, 0.1) is 36.0 Å². The van der Waals surface area contributed by atoms with Crippen LogP contribution in [0.25, 0.3) is 16.5 Å². The summed E-state index contributed by atoms with van der Waals surface area (Å²) in [6.45, 7) is 70.2. The van der Waals surface area contributed by atoms with Crippen LogP contribution >= 0.6 is 47.1 Å². The molecule has 10 heterocycles. The fourth-order valence-corrected chi connectivity index (χ4v) is 46.9. The van der Waals surface area contributed by atoms with Crippen molar-refractivity contribution in [1.29, 1.82) is 0 Å². The molecule has 131 heavy (non-hydrogen) atoms. The Bertz CT molecular complexity index is 5360. The second kappa shape index (κ2) is 47.5. The van der Waals surface area contributed by atoms with E-state index < -0.39 is 32.5 Å². The molecule has 1 saturated carbocycles. The molecule has 8 aromatic rings. The summed E-state index contributed by atoms with van der Waals surface area (Å²) in [6.07, 6.45) is 23.2. The molecule has 10 atom stereocenters. The van der Waals surface area contributed by atoms with Gasteiger partial charge in [-0.25, -0.2) is 0 Å². The van der Waals surface area contributed by atoms with Crippen LogP contribution in [0.2, 0.25) is 78.6 Å². The zero-order valence-corrected chi connectivity index (χ0v) is 94.0. The van der Waals surface area contributed by atoms with Gasteiger partial charge in [0.25, 0.3) is 0 Å². The number of aryl methyl sites for hydroxylation is 1.